The van der Waals surface area contributed by atoms with Crippen molar-refractivity contribution in [3.63, 3.8) is 0 Å². The molecule has 0 radical (unpaired) electrons. The Hall–Kier alpha value is -0.750. The minimum absolute atomic E-state index is 0.479. The van der Waals surface area contributed by atoms with Crippen LogP contribution in [0.2, 0.25) is 0 Å². The summed E-state index contributed by atoms with van der Waals surface area (Å²) >= 11 is 3.52. The molecule has 5 heteroatoms. The van der Waals surface area contributed by atoms with E-state index in [4.69, 9.17) is 9.72 Å². The molecule has 0 amide bonds. The van der Waals surface area contributed by atoms with Crippen molar-refractivity contribution in [3.8, 4) is 9.88 Å². The lowest BCUT2D eigenvalue weighted by Crippen LogP contribution is -2.56. The Bertz CT molecular complexity index is 550. The molecule has 0 saturated carbocycles. The van der Waals surface area contributed by atoms with Crippen LogP contribution in [0.1, 0.15) is 12.1 Å². The highest BCUT2D eigenvalue weighted by molar-refractivity contribution is 7.20. The summed E-state index contributed by atoms with van der Waals surface area (Å²) in [6.07, 6.45) is 1.24. The fraction of sp³-hybridized carbons (Fsp3) is 0.500. The van der Waals surface area contributed by atoms with Crippen LogP contribution in [0.4, 0.5) is 0 Å². The third-order valence-electron chi connectivity index (χ3n) is 3.97. The molecule has 2 fully saturated rings. The van der Waals surface area contributed by atoms with Gasteiger partial charge in [-0.25, -0.2) is 4.98 Å². The Labute approximate surface area is 120 Å². The molecule has 2 saturated heterocycles. The summed E-state index contributed by atoms with van der Waals surface area (Å²) in [5.74, 6) is 0. The lowest BCUT2D eigenvalue weighted by Gasteiger charge is -2.47. The van der Waals surface area contributed by atoms with Gasteiger partial charge in [0.25, 0.3) is 0 Å². The van der Waals surface area contributed by atoms with E-state index >= 15 is 0 Å². The molecule has 2 aromatic heterocycles. The summed E-state index contributed by atoms with van der Waals surface area (Å²) in [6.45, 7) is 5.26. The summed E-state index contributed by atoms with van der Waals surface area (Å²) in [5, 5.41) is 5.46. The van der Waals surface area contributed by atoms with Gasteiger partial charge in [-0.3, -0.25) is 4.90 Å². The Balaban J connectivity index is 1.39. The second-order valence-electron chi connectivity index (χ2n) is 5.57. The van der Waals surface area contributed by atoms with Crippen molar-refractivity contribution < 1.29 is 4.74 Å². The molecule has 4 rings (SSSR count). The van der Waals surface area contributed by atoms with Gasteiger partial charge in [-0.1, -0.05) is 6.07 Å². The first-order valence-electron chi connectivity index (χ1n) is 6.61. The van der Waals surface area contributed by atoms with Gasteiger partial charge in [0.15, 0.2) is 0 Å². The lowest BCUT2D eigenvalue weighted by atomic mass is 9.79. The van der Waals surface area contributed by atoms with E-state index in [1.807, 2.05) is 0 Å². The zero-order valence-corrected chi connectivity index (χ0v) is 12.3. The van der Waals surface area contributed by atoms with Gasteiger partial charge in [0.05, 0.1) is 17.2 Å². The summed E-state index contributed by atoms with van der Waals surface area (Å²) in [5.41, 5.74) is 1.69. The minimum atomic E-state index is 0.479. The van der Waals surface area contributed by atoms with E-state index < -0.39 is 0 Å². The number of thiophene rings is 1. The molecule has 0 bridgehead atoms. The fourth-order valence-electron chi connectivity index (χ4n) is 3.04. The number of hydrogen-bond donors (Lipinski definition) is 0. The first-order chi connectivity index (χ1) is 9.33. The quantitative estimate of drug-likeness (QED) is 0.869. The lowest BCUT2D eigenvalue weighted by molar-refractivity contribution is -0.0129. The molecule has 3 nitrogen and oxygen atoms in total. The van der Waals surface area contributed by atoms with Gasteiger partial charge in [-0.15, -0.1) is 22.7 Å². The van der Waals surface area contributed by atoms with Crippen LogP contribution in [0, 0.1) is 5.41 Å². The normalized spacial score (nSPS) is 21.9. The topological polar surface area (TPSA) is 25.4 Å². The van der Waals surface area contributed by atoms with Crippen LogP contribution in [-0.4, -0.2) is 36.2 Å². The molecule has 0 aromatic carbocycles. The molecule has 4 heterocycles. The highest BCUT2D eigenvalue weighted by atomic mass is 32.1. The first kappa shape index (κ1) is 12.0. The third kappa shape index (κ3) is 2.25. The standard InChI is InChI=1S/C14H16N2OS2/c1-2-12(18-5-1)13-15-11(7-19-13)6-16-8-14(9-16)3-4-17-10-14/h1-2,5,7H,3-4,6,8-10H2. The molecule has 100 valence electrons. The molecular formula is C14H16N2OS2. The maximum absolute atomic E-state index is 5.51. The molecule has 0 aliphatic carbocycles. The summed E-state index contributed by atoms with van der Waals surface area (Å²) in [7, 11) is 0. The summed E-state index contributed by atoms with van der Waals surface area (Å²) in [6, 6.07) is 4.22. The predicted octanol–water partition coefficient (Wildman–Crippen LogP) is 3.09. The van der Waals surface area contributed by atoms with E-state index in [1.165, 1.54) is 30.1 Å². The summed E-state index contributed by atoms with van der Waals surface area (Å²) in [4.78, 5) is 8.51. The van der Waals surface area contributed by atoms with Gasteiger partial charge < -0.3 is 4.74 Å². The Kier molecular flexibility index (Phi) is 2.95. The van der Waals surface area contributed by atoms with Crippen molar-refractivity contribution in [1.82, 2.24) is 9.88 Å². The van der Waals surface area contributed by atoms with Crippen LogP contribution in [0.3, 0.4) is 0 Å². The second kappa shape index (κ2) is 4.66. The zero-order chi connectivity index (χ0) is 12.7. The van der Waals surface area contributed by atoms with Crippen molar-refractivity contribution in [2.75, 3.05) is 26.3 Å². The monoisotopic (exact) mass is 292 g/mol. The van der Waals surface area contributed by atoms with Gasteiger partial charge in [0.1, 0.15) is 5.01 Å². The van der Waals surface area contributed by atoms with E-state index in [1.54, 1.807) is 22.7 Å². The molecule has 19 heavy (non-hydrogen) atoms. The van der Waals surface area contributed by atoms with Crippen LogP contribution in [0.25, 0.3) is 9.88 Å². The zero-order valence-electron chi connectivity index (χ0n) is 10.7. The minimum Gasteiger partial charge on any atom is -0.381 e. The average Bonchev–Trinajstić information content (AvgIpc) is 3.09. The number of likely N-dealkylation sites (tertiary alicyclic amines) is 1. The van der Waals surface area contributed by atoms with Crippen molar-refractivity contribution in [2.24, 2.45) is 5.41 Å². The van der Waals surface area contributed by atoms with Gasteiger partial charge in [0.2, 0.25) is 0 Å². The highest BCUT2D eigenvalue weighted by Gasteiger charge is 2.45. The van der Waals surface area contributed by atoms with Gasteiger partial charge in [0, 0.05) is 37.0 Å². The average molecular weight is 292 g/mol. The number of thiazole rings is 1. The van der Waals surface area contributed by atoms with E-state index in [2.05, 4.69) is 27.8 Å². The number of hydrogen-bond acceptors (Lipinski definition) is 5. The van der Waals surface area contributed by atoms with Crippen LogP contribution in [0.15, 0.2) is 22.9 Å². The van der Waals surface area contributed by atoms with Crippen LogP contribution in [0.5, 0.6) is 0 Å². The molecular weight excluding hydrogens is 276 g/mol. The largest absolute Gasteiger partial charge is 0.381 e. The Morgan fingerprint density at radius 2 is 2.32 bits per heavy atom. The van der Waals surface area contributed by atoms with Crippen molar-refractivity contribution >= 4 is 22.7 Å². The SMILES string of the molecule is c1csc(-c2nc(CN3CC4(CCOC4)C3)cs2)c1. The van der Waals surface area contributed by atoms with E-state index in [0.717, 1.165) is 24.8 Å². The number of nitrogens with zero attached hydrogens (tertiary/aromatic N) is 2. The predicted molar refractivity (Wildman–Crippen MR) is 78.6 cm³/mol. The Morgan fingerprint density at radius 3 is 3.05 bits per heavy atom. The van der Waals surface area contributed by atoms with Crippen molar-refractivity contribution in [3.05, 3.63) is 28.6 Å². The smallest absolute Gasteiger partial charge is 0.133 e. The number of rotatable bonds is 3. The first-order valence-corrected chi connectivity index (χ1v) is 8.37. The van der Waals surface area contributed by atoms with Gasteiger partial charge >= 0.3 is 0 Å². The van der Waals surface area contributed by atoms with Crippen LogP contribution >= 0.6 is 22.7 Å². The maximum atomic E-state index is 5.51. The van der Waals surface area contributed by atoms with E-state index in [9.17, 15) is 0 Å². The van der Waals surface area contributed by atoms with Crippen LogP contribution in [-0.2, 0) is 11.3 Å². The maximum Gasteiger partial charge on any atom is 0.133 e. The molecule has 0 N–H and O–H groups in total. The molecule has 1 spiro atoms. The third-order valence-corrected chi connectivity index (χ3v) is 5.90. The molecule has 2 aromatic rings. The molecule has 0 atom stereocenters. The van der Waals surface area contributed by atoms with Crippen molar-refractivity contribution in [2.45, 2.75) is 13.0 Å². The van der Waals surface area contributed by atoms with Gasteiger partial charge in [-0.2, -0.15) is 0 Å². The molecule has 0 unspecified atom stereocenters. The van der Waals surface area contributed by atoms with E-state index in [-0.39, 0.29) is 0 Å². The Morgan fingerprint density at radius 1 is 1.37 bits per heavy atom. The second-order valence-corrected chi connectivity index (χ2v) is 7.37. The van der Waals surface area contributed by atoms with Gasteiger partial charge in [-0.05, 0) is 17.9 Å². The molecule has 2 aliphatic heterocycles. The van der Waals surface area contributed by atoms with E-state index in [0.29, 0.717) is 5.41 Å². The fourth-order valence-corrected chi connectivity index (χ4v) is 4.66. The number of aromatic nitrogens is 1. The highest BCUT2D eigenvalue weighted by Crippen LogP contribution is 2.39. The summed E-state index contributed by atoms with van der Waals surface area (Å²) < 4.78 is 5.51. The van der Waals surface area contributed by atoms with Crippen LogP contribution < -0.4 is 0 Å². The van der Waals surface area contributed by atoms with Crippen molar-refractivity contribution in [1.29, 1.82) is 0 Å². The number of ether oxygens (including phenoxy) is 1. The molecule has 2 aliphatic rings.